The number of ether oxygens (including phenoxy) is 1. The van der Waals surface area contributed by atoms with Gasteiger partial charge in [-0.05, 0) is 0 Å². The standard InChI is InChI=1S/C9H12N2O8/c12-3-4-6(14)7(19-17)8(18-4)10-2-1-5(13)11(16)9(10)15/h1-2,4,6-8,12,14,16-17H,3H2/t4-,6?,7?,8-/m0/s1. The number of nitrogens with zero attached hydrogens (tertiary/aromatic N) is 2. The van der Waals surface area contributed by atoms with Gasteiger partial charge in [-0.2, -0.15) is 0 Å². The SMILES string of the molecule is O=c1ccn([C@H]2O[C@@H](CO)C(O)C2OO)c(=O)n1O. The van der Waals surface area contributed by atoms with E-state index in [0.29, 0.717) is 0 Å². The van der Waals surface area contributed by atoms with Gasteiger partial charge in [0.15, 0.2) is 12.3 Å². The van der Waals surface area contributed by atoms with Crippen LogP contribution in [0.1, 0.15) is 6.23 Å². The minimum atomic E-state index is -1.38. The molecule has 4 atom stereocenters. The van der Waals surface area contributed by atoms with Gasteiger partial charge in [0.05, 0.1) is 6.61 Å². The van der Waals surface area contributed by atoms with Gasteiger partial charge in [0.1, 0.15) is 12.2 Å². The monoisotopic (exact) mass is 276 g/mol. The second-order valence-electron chi connectivity index (χ2n) is 3.96. The van der Waals surface area contributed by atoms with Crippen LogP contribution in [0.3, 0.4) is 0 Å². The van der Waals surface area contributed by atoms with Gasteiger partial charge in [-0.3, -0.25) is 14.6 Å². The van der Waals surface area contributed by atoms with Gasteiger partial charge in [-0.25, -0.2) is 9.68 Å². The molecule has 0 amide bonds. The summed E-state index contributed by atoms with van der Waals surface area (Å²) in [5.41, 5.74) is -2.08. The first-order valence-electron chi connectivity index (χ1n) is 5.29. The average Bonchev–Trinajstić information content (AvgIpc) is 2.72. The number of hydrogen-bond acceptors (Lipinski definition) is 8. The summed E-state index contributed by atoms with van der Waals surface area (Å²) < 4.78 is 5.73. The molecular weight excluding hydrogens is 264 g/mol. The number of aliphatic hydroxyl groups excluding tert-OH is 2. The van der Waals surface area contributed by atoms with Crippen LogP contribution in [0.15, 0.2) is 21.9 Å². The van der Waals surface area contributed by atoms with Crippen LogP contribution < -0.4 is 11.2 Å². The summed E-state index contributed by atoms with van der Waals surface area (Å²) in [7, 11) is 0. The van der Waals surface area contributed by atoms with E-state index < -0.39 is 42.4 Å². The van der Waals surface area contributed by atoms with E-state index in [1.54, 1.807) is 0 Å². The maximum absolute atomic E-state index is 11.7. The molecule has 0 saturated carbocycles. The maximum Gasteiger partial charge on any atom is 0.366 e. The van der Waals surface area contributed by atoms with Gasteiger partial charge in [-0.15, -0.1) is 0 Å². The largest absolute Gasteiger partial charge is 0.421 e. The van der Waals surface area contributed by atoms with Gasteiger partial charge in [-0.1, -0.05) is 4.73 Å². The smallest absolute Gasteiger partial charge is 0.366 e. The lowest BCUT2D eigenvalue weighted by Gasteiger charge is -2.18. The quantitative estimate of drug-likeness (QED) is 0.266. The molecule has 4 N–H and O–H groups in total. The summed E-state index contributed by atoms with van der Waals surface area (Å²) in [5.74, 6) is 0. The van der Waals surface area contributed by atoms with Gasteiger partial charge in [0.25, 0.3) is 5.56 Å². The van der Waals surface area contributed by atoms with E-state index in [9.17, 15) is 19.9 Å². The van der Waals surface area contributed by atoms with Crippen molar-refractivity contribution in [3.8, 4) is 0 Å². The lowest BCUT2D eigenvalue weighted by Crippen LogP contribution is -2.42. The molecule has 1 aliphatic rings. The first-order valence-corrected chi connectivity index (χ1v) is 5.29. The van der Waals surface area contributed by atoms with Gasteiger partial charge < -0.3 is 20.2 Å². The normalized spacial score (nSPS) is 30.7. The molecule has 106 valence electrons. The molecular formula is C9H12N2O8. The van der Waals surface area contributed by atoms with Crippen molar-refractivity contribution in [1.82, 2.24) is 9.30 Å². The topological polar surface area (TPSA) is 143 Å². The van der Waals surface area contributed by atoms with Crippen molar-refractivity contribution in [3.05, 3.63) is 33.1 Å². The minimum absolute atomic E-state index is 0.156. The highest BCUT2D eigenvalue weighted by atomic mass is 17.1. The van der Waals surface area contributed by atoms with Crippen molar-refractivity contribution in [1.29, 1.82) is 0 Å². The summed E-state index contributed by atoms with van der Waals surface area (Å²) in [6.07, 6.45) is -4.10. The molecule has 2 unspecified atom stereocenters. The van der Waals surface area contributed by atoms with Crippen LogP contribution >= 0.6 is 0 Å². The molecule has 0 radical (unpaired) electrons. The second kappa shape index (κ2) is 5.11. The summed E-state index contributed by atoms with van der Waals surface area (Å²) >= 11 is 0. The van der Waals surface area contributed by atoms with E-state index in [1.165, 1.54) is 0 Å². The summed E-state index contributed by atoms with van der Waals surface area (Å²) in [6.45, 7) is -0.564. The number of aliphatic hydroxyl groups is 2. The van der Waals surface area contributed by atoms with E-state index >= 15 is 0 Å². The van der Waals surface area contributed by atoms with Crippen LogP contribution in [0, 0.1) is 0 Å². The highest BCUT2D eigenvalue weighted by Gasteiger charge is 2.46. The van der Waals surface area contributed by atoms with Gasteiger partial charge in [0, 0.05) is 12.3 Å². The summed E-state index contributed by atoms with van der Waals surface area (Å²) in [5, 5.41) is 36.6. The Labute approximate surface area is 105 Å². The number of rotatable bonds is 3. The van der Waals surface area contributed by atoms with Gasteiger partial charge in [0.2, 0.25) is 0 Å². The highest BCUT2D eigenvalue weighted by Crippen LogP contribution is 2.29. The summed E-state index contributed by atoms with van der Waals surface area (Å²) in [4.78, 5) is 26.7. The fourth-order valence-electron chi connectivity index (χ4n) is 1.88. The van der Waals surface area contributed by atoms with E-state index in [1.807, 2.05) is 0 Å². The Balaban J connectivity index is 2.44. The predicted octanol–water partition coefficient (Wildman–Crippen LogP) is -2.64. The Morgan fingerprint density at radius 2 is 2.11 bits per heavy atom. The average molecular weight is 276 g/mol. The first kappa shape index (κ1) is 13.7. The third-order valence-corrected chi connectivity index (χ3v) is 2.88. The van der Waals surface area contributed by atoms with Crippen LogP contribution in [0.25, 0.3) is 0 Å². The Bertz CT molecular complexity index is 566. The van der Waals surface area contributed by atoms with Crippen LogP contribution in [-0.4, -0.2) is 54.9 Å². The molecule has 1 aromatic heterocycles. The molecule has 1 fully saturated rings. The highest BCUT2D eigenvalue weighted by molar-refractivity contribution is 4.93. The molecule has 0 aromatic carbocycles. The van der Waals surface area contributed by atoms with Crippen LogP contribution in [-0.2, 0) is 9.62 Å². The van der Waals surface area contributed by atoms with Crippen LogP contribution in [0.2, 0.25) is 0 Å². The molecule has 1 saturated heterocycles. The lowest BCUT2D eigenvalue weighted by atomic mass is 10.1. The second-order valence-corrected chi connectivity index (χ2v) is 3.96. The van der Waals surface area contributed by atoms with Crippen LogP contribution in [0.4, 0.5) is 0 Å². The van der Waals surface area contributed by atoms with Gasteiger partial charge >= 0.3 is 5.69 Å². The van der Waals surface area contributed by atoms with Crippen molar-refractivity contribution in [3.63, 3.8) is 0 Å². The number of aromatic nitrogens is 2. The van der Waals surface area contributed by atoms with Crippen LogP contribution in [0.5, 0.6) is 0 Å². The molecule has 10 heteroatoms. The summed E-state index contributed by atoms with van der Waals surface area (Å²) in [6, 6.07) is 0.887. The molecule has 2 heterocycles. The third kappa shape index (κ3) is 2.15. The Hall–Kier alpha value is -1.72. The zero-order valence-electron chi connectivity index (χ0n) is 9.49. The van der Waals surface area contributed by atoms with E-state index in [2.05, 4.69) is 4.89 Å². The molecule has 0 spiro atoms. The van der Waals surface area contributed by atoms with E-state index in [4.69, 9.17) is 15.1 Å². The Morgan fingerprint density at radius 1 is 1.42 bits per heavy atom. The molecule has 1 aromatic rings. The predicted molar refractivity (Wildman–Crippen MR) is 56.7 cm³/mol. The fourth-order valence-corrected chi connectivity index (χ4v) is 1.88. The molecule has 2 rings (SSSR count). The fraction of sp³-hybridized carbons (Fsp3) is 0.556. The molecule has 1 aliphatic heterocycles. The molecule has 10 nitrogen and oxygen atoms in total. The van der Waals surface area contributed by atoms with Crippen molar-refractivity contribution >= 4 is 0 Å². The van der Waals surface area contributed by atoms with Crippen molar-refractivity contribution < 1.29 is 30.3 Å². The lowest BCUT2D eigenvalue weighted by molar-refractivity contribution is -0.305. The Kier molecular flexibility index (Phi) is 3.68. The van der Waals surface area contributed by atoms with Crippen molar-refractivity contribution in [2.45, 2.75) is 24.5 Å². The zero-order chi connectivity index (χ0) is 14.2. The van der Waals surface area contributed by atoms with Crippen molar-refractivity contribution in [2.24, 2.45) is 0 Å². The number of hydrogen-bond donors (Lipinski definition) is 4. The first-order chi connectivity index (χ1) is 9.01. The molecule has 0 bridgehead atoms. The van der Waals surface area contributed by atoms with E-state index in [-0.39, 0.29) is 4.73 Å². The molecule has 0 aliphatic carbocycles. The molecule has 19 heavy (non-hydrogen) atoms. The maximum atomic E-state index is 11.7. The zero-order valence-corrected chi connectivity index (χ0v) is 9.49. The van der Waals surface area contributed by atoms with E-state index in [0.717, 1.165) is 16.8 Å². The minimum Gasteiger partial charge on any atom is -0.421 e. The third-order valence-electron chi connectivity index (χ3n) is 2.88. The Morgan fingerprint density at radius 3 is 2.68 bits per heavy atom. The van der Waals surface area contributed by atoms with Crippen molar-refractivity contribution in [2.75, 3.05) is 6.61 Å².